The molecule has 1 N–H and O–H groups in total. The van der Waals surface area contributed by atoms with Crippen LogP contribution in [0.3, 0.4) is 0 Å². The second-order valence-electron chi connectivity index (χ2n) is 6.38. The summed E-state index contributed by atoms with van der Waals surface area (Å²) in [5.41, 5.74) is 0.827. The van der Waals surface area contributed by atoms with Crippen molar-refractivity contribution in [3.8, 4) is 0 Å². The van der Waals surface area contributed by atoms with Gasteiger partial charge < -0.3 is 9.88 Å². The van der Waals surface area contributed by atoms with Gasteiger partial charge >= 0.3 is 0 Å². The van der Waals surface area contributed by atoms with Crippen molar-refractivity contribution in [3.05, 3.63) is 56.1 Å². The summed E-state index contributed by atoms with van der Waals surface area (Å²) in [5, 5.41) is 5.13. The van der Waals surface area contributed by atoms with Crippen LogP contribution in [0.4, 0.5) is 0 Å². The van der Waals surface area contributed by atoms with Gasteiger partial charge in [-0.1, -0.05) is 6.07 Å². The number of aryl methyl sites for hydroxylation is 1. The molecule has 3 rings (SSSR count). The van der Waals surface area contributed by atoms with E-state index >= 15 is 0 Å². The van der Waals surface area contributed by atoms with Crippen LogP contribution < -0.4 is 10.9 Å². The predicted octanol–water partition coefficient (Wildman–Crippen LogP) is 2.15. The smallest absolute Gasteiger partial charge is 0.263 e. The van der Waals surface area contributed by atoms with E-state index in [2.05, 4.69) is 27.7 Å². The molecule has 1 fully saturated rings. The van der Waals surface area contributed by atoms with Gasteiger partial charge in [0.25, 0.3) is 11.5 Å². The number of likely N-dealkylation sites (tertiary alicyclic amines) is 1. The Morgan fingerprint density at radius 1 is 1.38 bits per heavy atom. The molecule has 0 aromatic carbocycles. The minimum Gasteiger partial charge on any atom is -0.348 e. The number of amides is 1. The van der Waals surface area contributed by atoms with Crippen molar-refractivity contribution in [1.29, 1.82) is 0 Å². The summed E-state index contributed by atoms with van der Waals surface area (Å²) in [6.45, 7) is 4.66. The fourth-order valence-electron chi connectivity index (χ4n) is 3.10. The third-order valence-electron chi connectivity index (χ3n) is 4.60. The SMILES string of the molecule is Cc1ccc(C(=O)N[C@H]2CCCN(Cc3cccs3)C2)c(=O)n1C. The average molecular weight is 345 g/mol. The van der Waals surface area contributed by atoms with Gasteiger partial charge in [-0.2, -0.15) is 0 Å². The maximum Gasteiger partial charge on any atom is 0.263 e. The lowest BCUT2D eigenvalue weighted by Gasteiger charge is -2.32. The molecule has 2 aromatic rings. The summed E-state index contributed by atoms with van der Waals surface area (Å²) in [5.74, 6) is -0.265. The van der Waals surface area contributed by atoms with Gasteiger partial charge in [-0.15, -0.1) is 11.3 Å². The largest absolute Gasteiger partial charge is 0.348 e. The van der Waals surface area contributed by atoms with Crippen LogP contribution in [0.5, 0.6) is 0 Å². The van der Waals surface area contributed by atoms with Crippen molar-refractivity contribution >= 4 is 17.2 Å². The normalized spacial score (nSPS) is 18.5. The lowest BCUT2D eigenvalue weighted by molar-refractivity contribution is 0.0899. The molecular formula is C18H23N3O2S. The van der Waals surface area contributed by atoms with Crippen molar-refractivity contribution in [2.45, 2.75) is 32.4 Å². The number of pyridine rings is 1. The third kappa shape index (κ3) is 3.76. The van der Waals surface area contributed by atoms with E-state index in [4.69, 9.17) is 0 Å². The van der Waals surface area contributed by atoms with E-state index in [9.17, 15) is 9.59 Å². The molecule has 0 aliphatic carbocycles. The van der Waals surface area contributed by atoms with Crippen molar-refractivity contribution in [1.82, 2.24) is 14.8 Å². The number of hydrogen-bond acceptors (Lipinski definition) is 4. The van der Waals surface area contributed by atoms with Crippen LogP contribution >= 0.6 is 11.3 Å². The molecule has 3 heterocycles. The molecule has 5 nitrogen and oxygen atoms in total. The number of carbonyl (C=O) groups excluding carboxylic acids is 1. The number of thiophene rings is 1. The first-order valence-corrected chi connectivity index (χ1v) is 9.15. The second-order valence-corrected chi connectivity index (χ2v) is 7.41. The van der Waals surface area contributed by atoms with E-state index < -0.39 is 0 Å². The molecule has 2 aromatic heterocycles. The summed E-state index contributed by atoms with van der Waals surface area (Å²) in [6.07, 6.45) is 2.01. The molecule has 1 amide bonds. The maximum atomic E-state index is 12.5. The number of nitrogens with one attached hydrogen (secondary N) is 1. The van der Waals surface area contributed by atoms with E-state index in [1.165, 1.54) is 9.44 Å². The molecule has 24 heavy (non-hydrogen) atoms. The summed E-state index contributed by atoms with van der Waals surface area (Å²) >= 11 is 1.76. The Bertz CT molecular complexity index is 767. The van der Waals surface area contributed by atoms with Gasteiger partial charge in [0.1, 0.15) is 5.56 Å². The van der Waals surface area contributed by atoms with Gasteiger partial charge in [-0.05, 0) is 49.9 Å². The fourth-order valence-corrected chi connectivity index (χ4v) is 3.85. The third-order valence-corrected chi connectivity index (χ3v) is 5.46. The molecule has 0 saturated carbocycles. The quantitative estimate of drug-likeness (QED) is 0.924. The van der Waals surface area contributed by atoms with E-state index in [0.717, 1.165) is 38.2 Å². The van der Waals surface area contributed by atoms with Crippen LogP contribution in [0, 0.1) is 6.92 Å². The molecule has 1 aliphatic heterocycles. The summed E-state index contributed by atoms with van der Waals surface area (Å²) in [7, 11) is 1.69. The topological polar surface area (TPSA) is 54.3 Å². The van der Waals surface area contributed by atoms with Crippen molar-refractivity contribution in [2.24, 2.45) is 7.05 Å². The summed E-state index contributed by atoms with van der Waals surface area (Å²) in [4.78, 5) is 28.4. The van der Waals surface area contributed by atoms with Gasteiger partial charge in [-0.3, -0.25) is 14.5 Å². The van der Waals surface area contributed by atoms with Crippen LogP contribution in [0.1, 0.15) is 33.8 Å². The molecular weight excluding hydrogens is 322 g/mol. The first-order valence-electron chi connectivity index (χ1n) is 8.27. The number of aromatic nitrogens is 1. The van der Waals surface area contributed by atoms with Crippen LogP contribution in [0.25, 0.3) is 0 Å². The first-order chi connectivity index (χ1) is 11.5. The first kappa shape index (κ1) is 16.9. The van der Waals surface area contributed by atoms with Gasteiger partial charge in [-0.25, -0.2) is 0 Å². The Balaban J connectivity index is 1.64. The average Bonchev–Trinajstić information content (AvgIpc) is 3.06. The Kier molecular flexibility index (Phi) is 5.16. The standard InChI is InChI=1S/C18H23N3O2S/c1-13-7-8-16(18(23)20(13)2)17(22)19-14-5-3-9-21(11-14)12-15-6-4-10-24-15/h4,6-8,10,14H,3,5,9,11-12H2,1-2H3,(H,19,22)/t14-/m0/s1. The van der Waals surface area contributed by atoms with Gasteiger partial charge in [0.05, 0.1) is 0 Å². The fraction of sp³-hybridized carbons (Fsp3) is 0.444. The Hall–Kier alpha value is -1.92. The molecule has 6 heteroatoms. The van der Waals surface area contributed by atoms with Crippen molar-refractivity contribution in [3.63, 3.8) is 0 Å². The summed E-state index contributed by atoms with van der Waals surface area (Å²) < 4.78 is 1.51. The van der Waals surface area contributed by atoms with Crippen LogP contribution in [0.2, 0.25) is 0 Å². The predicted molar refractivity (Wildman–Crippen MR) is 96.5 cm³/mol. The highest BCUT2D eigenvalue weighted by Crippen LogP contribution is 2.17. The molecule has 0 unspecified atom stereocenters. The monoisotopic (exact) mass is 345 g/mol. The number of piperidine rings is 1. The molecule has 1 atom stereocenters. The molecule has 128 valence electrons. The zero-order valence-electron chi connectivity index (χ0n) is 14.1. The van der Waals surface area contributed by atoms with Gasteiger partial charge in [0, 0.05) is 36.8 Å². The molecule has 1 aliphatic rings. The zero-order valence-corrected chi connectivity index (χ0v) is 14.9. The number of carbonyl (C=O) groups is 1. The van der Waals surface area contributed by atoms with Crippen LogP contribution in [0.15, 0.2) is 34.4 Å². The van der Waals surface area contributed by atoms with Crippen molar-refractivity contribution in [2.75, 3.05) is 13.1 Å². The highest BCUT2D eigenvalue weighted by Gasteiger charge is 2.23. The minimum absolute atomic E-state index is 0.0946. The van der Waals surface area contributed by atoms with Crippen molar-refractivity contribution < 1.29 is 4.79 Å². The maximum absolute atomic E-state index is 12.5. The lowest BCUT2D eigenvalue weighted by Crippen LogP contribution is -2.48. The summed E-state index contributed by atoms with van der Waals surface area (Å²) in [6, 6.07) is 7.73. The Morgan fingerprint density at radius 3 is 2.96 bits per heavy atom. The molecule has 0 spiro atoms. The molecule has 0 bridgehead atoms. The molecule has 1 saturated heterocycles. The van der Waals surface area contributed by atoms with E-state index in [0.29, 0.717) is 0 Å². The van der Waals surface area contributed by atoms with Crippen LogP contribution in [-0.4, -0.2) is 34.5 Å². The Morgan fingerprint density at radius 2 is 2.21 bits per heavy atom. The van der Waals surface area contributed by atoms with E-state index in [-0.39, 0.29) is 23.1 Å². The van der Waals surface area contributed by atoms with Gasteiger partial charge in [0.2, 0.25) is 0 Å². The number of nitrogens with zero attached hydrogens (tertiary/aromatic N) is 2. The second kappa shape index (κ2) is 7.32. The molecule has 0 radical (unpaired) electrons. The number of hydrogen-bond donors (Lipinski definition) is 1. The lowest BCUT2D eigenvalue weighted by atomic mass is 10.0. The highest BCUT2D eigenvalue weighted by molar-refractivity contribution is 7.09. The zero-order chi connectivity index (χ0) is 17.1. The van der Waals surface area contributed by atoms with E-state index in [1.54, 1.807) is 30.5 Å². The van der Waals surface area contributed by atoms with E-state index in [1.807, 2.05) is 6.92 Å². The van der Waals surface area contributed by atoms with Crippen LogP contribution in [-0.2, 0) is 13.6 Å². The Labute approximate surface area is 145 Å². The highest BCUT2D eigenvalue weighted by atomic mass is 32.1. The minimum atomic E-state index is -0.265. The van der Waals surface area contributed by atoms with Gasteiger partial charge in [0.15, 0.2) is 0 Å². The number of rotatable bonds is 4.